The molecule has 1 heterocycles. The predicted octanol–water partition coefficient (Wildman–Crippen LogP) is 3.09. The summed E-state index contributed by atoms with van der Waals surface area (Å²) in [7, 11) is 0. The number of nitrogens with zero attached hydrogens (tertiary/aromatic N) is 2. The van der Waals surface area contributed by atoms with Crippen LogP contribution in [0.15, 0.2) is 0 Å². The van der Waals surface area contributed by atoms with E-state index in [-0.39, 0.29) is 0 Å². The molecule has 0 amide bonds. The second-order valence-electron chi connectivity index (χ2n) is 5.49. The number of nitrogens with one attached hydrogen (secondary N) is 1. The lowest BCUT2D eigenvalue weighted by Crippen LogP contribution is -2.38. The fourth-order valence-electron chi connectivity index (χ4n) is 2.45. The van der Waals surface area contributed by atoms with Crippen molar-refractivity contribution in [1.29, 1.82) is 0 Å². The van der Waals surface area contributed by atoms with Gasteiger partial charge < -0.3 is 5.32 Å². The first kappa shape index (κ1) is 15.2. The first-order valence-corrected chi connectivity index (χ1v) is 7.27. The van der Waals surface area contributed by atoms with E-state index in [2.05, 4.69) is 56.6 Å². The Bertz CT molecular complexity index is 366. The van der Waals surface area contributed by atoms with Gasteiger partial charge in [-0.15, -0.1) is 0 Å². The largest absolute Gasteiger partial charge is 0.312 e. The zero-order chi connectivity index (χ0) is 13.7. The van der Waals surface area contributed by atoms with Gasteiger partial charge in [-0.1, -0.05) is 27.7 Å². The summed E-state index contributed by atoms with van der Waals surface area (Å²) in [5, 5.41) is 8.32. The lowest BCUT2D eigenvalue weighted by atomic mass is 10.0. The van der Waals surface area contributed by atoms with Crippen LogP contribution in [-0.2, 0) is 13.0 Å². The number of rotatable bonds is 7. The highest BCUT2D eigenvalue weighted by Gasteiger charge is 2.16. The molecule has 3 nitrogen and oxygen atoms in total. The molecule has 1 N–H and O–H groups in total. The summed E-state index contributed by atoms with van der Waals surface area (Å²) in [5.41, 5.74) is 3.93. The van der Waals surface area contributed by atoms with Crippen molar-refractivity contribution in [3.05, 3.63) is 17.0 Å². The summed E-state index contributed by atoms with van der Waals surface area (Å²) >= 11 is 0. The predicted molar refractivity (Wildman–Crippen MR) is 78.0 cm³/mol. The molecule has 0 radical (unpaired) electrons. The molecule has 0 spiro atoms. The minimum absolute atomic E-state index is 0.507. The summed E-state index contributed by atoms with van der Waals surface area (Å²) in [6.07, 6.45) is 2.26. The van der Waals surface area contributed by atoms with E-state index in [1.54, 1.807) is 0 Å². The Balaban J connectivity index is 2.80. The van der Waals surface area contributed by atoms with Gasteiger partial charge in [0.05, 0.1) is 12.2 Å². The number of aryl methyl sites for hydroxylation is 1. The molecule has 0 aliphatic carbocycles. The van der Waals surface area contributed by atoms with Crippen molar-refractivity contribution in [2.45, 2.75) is 67.0 Å². The Morgan fingerprint density at radius 1 is 1.22 bits per heavy atom. The smallest absolute Gasteiger partial charge is 0.0628 e. The molecular weight excluding hydrogens is 222 g/mol. The molecule has 18 heavy (non-hydrogen) atoms. The highest BCUT2D eigenvalue weighted by Crippen LogP contribution is 2.15. The van der Waals surface area contributed by atoms with E-state index in [1.807, 2.05) is 0 Å². The molecule has 1 aromatic rings. The summed E-state index contributed by atoms with van der Waals surface area (Å²) in [4.78, 5) is 0. The molecule has 104 valence electrons. The first-order chi connectivity index (χ1) is 8.51. The van der Waals surface area contributed by atoms with Crippen molar-refractivity contribution < 1.29 is 0 Å². The summed E-state index contributed by atoms with van der Waals surface area (Å²) in [5.74, 6) is 0.630. The summed E-state index contributed by atoms with van der Waals surface area (Å²) in [6.45, 7) is 15.3. The fraction of sp³-hybridized carbons (Fsp3) is 0.800. The molecule has 0 fully saturated rings. The minimum atomic E-state index is 0.507. The van der Waals surface area contributed by atoms with Gasteiger partial charge in [-0.25, -0.2) is 0 Å². The third-order valence-electron chi connectivity index (χ3n) is 3.72. The van der Waals surface area contributed by atoms with E-state index in [9.17, 15) is 0 Å². The molecule has 0 aliphatic heterocycles. The third kappa shape index (κ3) is 3.58. The van der Waals surface area contributed by atoms with Crippen LogP contribution in [0.1, 0.15) is 51.1 Å². The highest BCUT2D eigenvalue weighted by molar-refractivity contribution is 5.24. The van der Waals surface area contributed by atoms with E-state index in [1.165, 1.54) is 23.4 Å². The van der Waals surface area contributed by atoms with Crippen LogP contribution < -0.4 is 5.32 Å². The second kappa shape index (κ2) is 6.93. The van der Waals surface area contributed by atoms with Crippen LogP contribution in [0.3, 0.4) is 0 Å². The van der Waals surface area contributed by atoms with Gasteiger partial charge >= 0.3 is 0 Å². The third-order valence-corrected chi connectivity index (χ3v) is 3.72. The Morgan fingerprint density at radius 2 is 1.89 bits per heavy atom. The maximum absolute atomic E-state index is 4.69. The van der Waals surface area contributed by atoms with Crippen molar-refractivity contribution >= 4 is 0 Å². The standard InChI is InChI=1S/C15H29N3/c1-7-9-16-15(11(3)4)10-18-13(6)14(8-2)12(5)17-18/h11,15-16H,7-10H2,1-6H3. The molecule has 3 heteroatoms. The lowest BCUT2D eigenvalue weighted by molar-refractivity contribution is 0.340. The van der Waals surface area contributed by atoms with E-state index in [0.29, 0.717) is 12.0 Å². The van der Waals surface area contributed by atoms with Gasteiger partial charge in [0, 0.05) is 11.7 Å². The minimum Gasteiger partial charge on any atom is -0.312 e. The van der Waals surface area contributed by atoms with Gasteiger partial charge in [-0.05, 0) is 44.7 Å². The quantitative estimate of drug-likeness (QED) is 0.807. The summed E-state index contributed by atoms with van der Waals surface area (Å²) < 4.78 is 2.18. The van der Waals surface area contributed by atoms with Gasteiger partial charge in [0.2, 0.25) is 0 Å². The van der Waals surface area contributed by atoms with Gasteiger partial charge in [-0.2, -0.15) is 5.10 Å². The zero-order valence-electron chi connectivity index (χ0n) is 12.9. The number of hydrogen-bond acceptors (Lipinski definition) is 2. The van der Waals surface area contributed by atoms with Gasteiger partial charge in [-0.3, -0.25) is 4.68 Å². The average molecular weight is 251 g/mol. The van der Waals surface area contributed by atoms with E-state index in [4.69, 9.17) is 0 Å². The van der Waals surface area contributed by atoms with Gasteiger partial charge in [0.1, 0.15) is 0 Å². The SMILES string of the molecule is CCCNC(Cn1nc(C)c(CC)c1C)C(C)C. The topological polar surface area (TPSA) is 29.9 Å². The number of aromatic nitrogens is 2. The van der Waals surface area contributed by atoms with Crippen molar-refractivity contribution in [2.75, 3.05) is 6.54 Å². The van der Waals surface area contributed by atoms with Crippen LogP contribution >= 0.6 is 0 Å². The van der Waals surface area contributed by atoms with Crippen LogP contribution in [0.2, 0.25) is 0 Å². The Morgan fingerprint density at radius 3 is 2.33 bits per heavy atom. The van der Waals surface area contributed by atoms with Crippen LogP contribution in [0.5, 0.6) is 0 Å². The van der Waals surface area contributed by atoms with E-state index >= 15 is 0 Å². The van der Waals surface area contributed by atoms with Crippen LogP contribution in [0.4, 0.5) is 0 Å². The monoisotopic (exact) mass is 251 g/mol. The Labute approximate surface area is 112 Å². The molecular formula is C15H29N3. The normalized spacial score (nSPS) is 13.3. The average Bonchev–Trinajstić information content (AvgIpc) is 2.59. The van der Waals surface area contributed by atoms with Crippen LogP contribution in [-0.4, -0.2) is 22.4 Å². The van der Waals surface area contributed by atoms with Crippen LogP contribution in [0.25, 0.3) is 0 Å². The molecule has 0 aliphatic rings. The first-order valence-electron chi connectivity index (χ1n) is 7.27. The molecule has 1 rings (SSSR count). The maximum atomic E-state index is 4.69. The molecule has 0 aromatic carbocycles. The molecule has 1 unspecified atom stereocenters. The molecule has 1 aromatic heterocycles. The number of hydrogen-bond donors (Lipinski definition) is 1. The summed E-state index contributed by atoms with van der Waals surface area (Å²) in [6, 6.07) is 0.507. The lowest BCUT2D eigenvalue weighted by Gasteiger charge is -2.23. The van der Waals surface area contributed by atoms with Gasteiger partial charge in [0.15, 0.2) is 0 Å². The maximum Gasteiger partial charge on any atom is 0.0628 e. The molecule has 1 atom stereocenters. The molecule has 0 saturated heterocycles. The van der Waals surface area contributed by atoms with Crippen molar-refractivity contribution in [2.24, 2.45) is 5.92 Å². The van der Waals surface area contributed by atoms with Gasteiger partial charge in [0.25, 0.3) is 0 Å². The van der Waals surface area contributed by atoms with Crippen molar-refractivity contribution in [3.8, 4) is 0 Å². The van der Waals surface area contributed by atoms with Crippen molar-refractivity contribution in [3.63, 3.8) is 0 Å². The molecule has 0 saturated carbocycles. The van der Waals surface area contributed by atoms with Crippen LogP contribution in [0, 0.1) is 19.8 Å². The Hall–Kier alpha value is -0.830. The highest BCUT2D eigenvalue weighted by atomic mass is 15.3. The second-order valence-corrected chi connectivity index (χ2v) is 5.49. The van der Waals surface area contributed by atoms with E-state index < -0.39 is 0 Å². The fourth-order valence-corrected chi connectivity index (χ4v) is 2.45. The zero-order valence-corrected chi connectivity index (χ0v) is 12.9. The Kier molecular flexibility index (Phi) is 5.86. The van der Waals surface area contributed by atoms with E-state index in [0.717, 1.165) is 19.5 Å². The van der Waals surface area contributed by atoms with Crippen molar-refractivity contribution in [1.82, 2.24) is 15.1 Å². The molecule has 0 bridgehead atoms.